The summed E-state index contributed by atoms with van der Waals surface area (Å²) in [5, 5.41) is 7.04. The number of hydrogen-bond donors (Lipinski definition) is 3. The molecule has 1 aromatic carbocycles. The van der Waals surface area contributed by atoms with Gasteiger partial charge in [-0.2, -0.15) is 24.7 Å². The zero-order valence-electron chi connectivity index (χ0n) is 10.6. The number of rotatable bonds is 4. The Balaban J connectivity index is 1.94. The van der Waals surface area contributed by atoms with Gasteiger partial charge in [0.15, 0.2) is 0 Å². The number of hydrazine groups is 1. The summed E-state index contributed by atoms with van der Waals surface area (Å²) >= 11 is 3.38. The minimum Gasteiger partial charge on any atom is -0.324 e. The Morgan fingerprint density at radius 3 is 2.48 bits per heavy atom. The molecule has 0 atom stereocenters. The summed E-state index contributed by atoms with van der Waals surface area (Å²) in [6.07, 6.45) is 2.88. The summed E-state index contributed by atoms with van der Waals surface area (Å²) in [5.74, 6) is 6.23. The predicted octanol–water partition coefficient (Wildman–Crippen LogP) is 1.24. The van der Waals surface area contributed by atoms with Crippen LogP contribution in [0.25, 0.3) is 5.95 Å². The Labute approximate surface area is 127 Å². The first-order chi connectivity index (χ1) is 10.2. The van der Waals surface area contributed by atoms with Gasteiger partial charge in [-0.25, -0.2) is 10.8 Å². The summed E-state index contributed by atoms with van der Waals surface area (Å²) in [4.78, 5) is 16.4. The first kappa shape index (κ1) is 13.4. The van der Waals surface area contributed by atoms with Crippen LogP contribution < -0.4 is 16.6 Å². The zero-order chi connectivity index (χ0) is 14.7. The molecule has 9 nitrogen and oxygen atoms in total. The Morgan fingerprint density at radius 1 is 1.05 bits per heavy atom. The van der Waals surface area contributed by atoms with Gasteiger partial charge in [-0.05, 0) is 24.3 Å². The normalized spacial score (nSPS) is 10.4. The van der Waals surface area contributed by atoms with Gasteiger partial charge in [0.25, 0.3) is 5.95 Å². The van der Waals surface area contributed by atoms with Crippen LogP contribution in [0.5, 0.6) is 0 Å². The van der Waals surface area contributed by atoms with E-state index >= 15 is 0 Å². The molecule has 0 spiro atoms. The Kier molecular flexibility index (Phi) is 3.71. The van der Waals surface area contributed by atoms with Crippen molar-refractivity contribution in [2.45, 2.75) is 0 Å². The maximum Gasteiger partial charge on any atom is 0.258 e. The first-order valence-electron chi connectivity index (χ1n) is 5.85. The second-order valence-corrected chi connectivity index (χ2v) is 4.81. The lowest BCUT2D eigenvalue weighted by Gasteiger charge is -2.08. The van der Waals surface area contributed by atoms with Crippen molar-refractivity contribution in [1.29, 1.82) is 0 Å². The van der Waals surface area contributed by atoms with Crippen molar-refractivity contribution in [3.05, 3.63) is 41.4 Å². The SMILES string of the molecule is NNc1nc(Nc2ccc(Br)cc2)nc(-n2cncn2)n1. The standard InChI is InChI=1S/C11H10BrN9/c12-7-1-3-8(4-2-7)16-9-17-10(20-13)19-11(18-9)21-6-14-5-15-21/h1-6H,13H2,(H2,16,17,18,19,20). The van der Waals surface area contributed by atoms with E-state index in [9.17, 15) is 0 Å². The minimum atomic E-state index is 0.218. The molecule has 0 unspecified atom stereocenters. The Morgan fingerprint density at radius 2 is 1.81 bits per heavy atom. The third-order valence-electron chi connectivity index (χ3n) is 2.48. The molecule has 0 bridgehead atoms. The van der Waals surface area contributed by atoms with Gasteiger partial charge in [0.05, 0.1) is 0 Å². The molecule has 10 heteroatoms. The van der Waals surface area contributed by atoms with Gasteiger partial charge >= 0.3 is 0 Å². The lowest BCUT2D eigenvalue weighted by Crippen LogP contribution is -2.15. The van der Waals surface area contributed by atoms with E-state index in [1.807, 2.05) is 24.3 Å². The molecular weight excluding hydrogens is 338 g/mol. The molecule has 3 rings (SSSR count). The van der Waals surface area contributed by atoms with Gasteiger partial charge < -0.3 is 5.32 Å². The topological polar surface area (TPSA) is 119 Å². The summed E-state index contributed by atoms with van der Waals surface area (Å²) in [5.41, 5.74) is 3.22. The van der Waals surface area contributed by atoms with Crippen molar-refractivity contribution >= 4 is 33.5 Å². The molecule has 0 aliphatic heterocycles. The summed E-state index contributed by atoms with van der Waals surface area (Å²) < 4.78 is 2.39. The zero-order valence-corrected chi connectivity index (χ0v) is 12.2. The molecule has 106 valence electrons. The van der Waals surface area contributed by atoms with Crippen molar-refractivity contribution in [3.8, 4) is 5.95 Å². The lowest BCUT2D eigenvalue weighted by molar-refractivity contribution is 0.797. The monoisotopic (exact) mass is 347 g/mol. The average molecular weight is 348 g/mol. The van der Waals surface area contributed by atoms with Gasteiger partial charge in [0, 0.05) is 10.2 Å². The number of anilines is 3. The second-order valence-electron chi connectivity index (χ2n) is 3.90. The van der Waals surface area contributed by atoms with Gasteiger partial charge in [0.1, 0.15) is 12.7 Å². The third kappa shape index (κ3) is 3.12. The quantitative estimate of drug-likeness (QED) is 0.476. The van der Waals surface area contributed by atoms with Gasteiger partial charge in [-0.3, -0.25) is 5.43 Å². The van der Waals surface area contributed by atoms with Crippen LogP contribution in [0.1, 0.15) is 0 Å². The summed E-state index contributed by atoms with van der Waals surface area (Å²) in [6.45, 7) is 0. The number of nitrogens with two attached hydrogens (primary N) is 1. The molecule has 2 heterocycles. The van der Waals surface area contributed by atoms with Crippen molar-refractivity contribution in [1.82, 2.24) is 29.7 Å². The number of nitrogens with zero attached hydrogens (tertiary/aromatic N) is 6. The highest BCUT2D eigenvalue weighted by atomic mass is 79.9. The molecule has 0 aliphatic carbocycles. The fraction of sp³-hybridized carbons (Fsp3) is 0. The van der Waals surface area contributed by atoms with Crippen LogP contribution in [0.3, 0.4) is 0 Å². The molecule has 21 heavy (non-hydrogen) atoms. The molecule has 2 aromatic heterocycles. The van der Waals surface area contributed by atoms with Crippen molar-refractivity contribution < 1.29 is 0 Å². The van der Waals surface area contributed by atoms with Crippen molar-refractivity contribution in [3.63, 3.8) is 0 Å². The molecule has 0 aliphatic rings. The number of hydrogen-bond acceptors (Lipinski definition) is 8. The molecule has 4 N–H and O–H groups in total. The smallest absolute Gasteiger partial charge is 0.258 e. The second kappa shape index (κ2) is 5.81. The average Bonchev–Trinajstić information content (AvgIpc) is 3.04. The Bertz CT molecular complexity index is 726. The molecular formula is C11H10BrN9. The third-order valence-corrected chi connectivity index (χ3v) is 3.01. The van der Waals surface area contributed by atoms with E-state index in [0.717, 1.165) is 10.2 Å². The van der Waals surface area contributed by atoms with E-state index in [1.54, 1.807) is 0 Å². The van der Waals surface area contributed by atoms with Crippen LogP contribution in [0.15, 0.2) is 41.4 Å². The molecule has 0 radical (unpaired) electrons. The van der Waals surface area contributed by atoms with Gasteiger partial charge in [-0.15, -0.1) is 0 Å². The highest BCUT2D eigenvalue weighted by molar-refractivity contribution is 9.10. The number of nitrogens with one attached hydrogen (secondary N) is 2. The molecule has 3 aromatic rings. The van der Waals surface area contributed by atoms with Crippen LogP contribution in [0.4, 0.5) is 17.6 Å². The van der Waals surface area contributed by atoms with Crippen molar-refractivity contribution in [2.75, 3.05) is 10.7 Å². The first-order valence-corrected chi connectivity index (χ1v) is 6.64. The fourth-order valence-corrected chi connectivity index (χ4v) is 1.83. The van der Waals surface area contributed by atoms with E-state index in [4.69, 9.17) is 5.84 Å². The maximum absolute atomic E-state index is 5.37. The highest BCUT2D eigenvalue weighted by Crippen LogP contribution is 2.18. The molecule has 0 saturated carbocycles. The van der Waals surface area contributed by atoms with Crippen LogP contribution in [-0.4, -0.2) is 29.7 Å². The van der Waals surface area contributed by atoms with E-state index in [2.05, 4.69) is 51.7 Å². The molecule has 0 amide bonds. The van der Waals surface area contributed by atoms with E-state index < -0.39 is 0 Å². The van der Waals surface area contributed by atoms with Crippen LogP contribution in [0, 0.1) is 0 Å². The lowest BCUT2D eigenvalue weighted by atomic mass is 10.3. The van der Waals surface area contributed by atoms with Crippen molar-refractivity contribution in [2.24, 2.45) is 5.84 Å². The van der Waals surface area contributed by atoms with Crippen LogP contribution in [0.2, 0.25) is 0 Å². The van der Waals surface area contributed by atoms with Crippen LogP contribution >= 0.6 is 15.9 Å². The maximum atomic E-state index is 5.37. The van der Waals surface area contributed by atoms with Crippen LogP contribution in [-0.2, 0) is 0 Å². The highest BCUT2D eigenvalue weighted by Gasteiger charge is 2.08. The Hall–Kier alpha value is -2.59. The number of halogens is 1. The number of aromatic nitrogens is 6. The largest absolute Gasteiger partial charge is 0.324 e. The van der Waals surface area contributed by atoms with E-state index in [0.29, 0.717) is 11.9 Å². The van der Waals surface area contributed by atoms with Gasteiger partial charge in [-0.1, -0.05) is 15.9 Å². The van der Waals surface area contributed by atoms with E-state index in [1.165, 1.54) is 17.3 Å². The van der Waals surface area contributed by atoms with E-state index in [-0.39, 0.29) is 5.95 Å². The minimum absolute atomic E-state index is 0.218. The summed E-state index contributed by atoms with van der Waals surface area (Å²) in [6, 6.07) is 7.59. The number of nitrogen functional groups attached to an aromatic ring is 1. The number of benzene rings is 1. The molecule has 0 fully saturated rings. The summed E-state index contributed by atoms with van der Waals surface area (Å²) in [7, 11) is 0. The van der Waals surface area contributed by atoms with Gasteiger partial charge in [0.2, 0.25) is 11.9 Å². The predicted molar refractivity (Wildman–Crippen MR) is 80.0 cm³/mol. The molecule has 0 saturated heterocycles. The fourth-order valence-electron chi connectivity index (χ4n) is 1.56.